The van der Waals surface area contributed by atoms with Gasteiger partial charge in [-0.3, -0.25) is 9.69 Å². The van der Waals surface area contributed by atoms with Gasteiger partial charge >= 0.3 is 0 Å². The van der Waals surface area contributed by atoms with Crippen LogP contribution in [-0.2, 0) is 0 Å². The second-order valence-electron chi connectivity index (χ2n) is 6.47. The number of halogens is 1. The summed E-state index contributed by atoms with van der Waals surface area (Å²) in [6.45, 7) is 4.69. The van der Waals surface area contributed by atoms with Gasteiger partial charge in [0.1, 0.15) is 11.6 Å². The molecule has 2 heterocycles. The molecule has 3 rings (SSSR count). The summed E-state index contributed by atoms with van der Waals surface area (Å²) in [5.74, 6) is 0.913. The molecule has 1 aliphatic heterocycles. The van der Waals surface area contributed by atoms with Crippen LogP contribution < -0.4 is 5.32 Å². The molecule has 1 aliphatic rings. The second-order valence-corrected chi connectivity index (χ2v) is 6.47. The zero-order valence-electron chi connectivity index (χ0n) is 13.9. The molecule has 1 N–H and O–H groups in total. The van der Waals surface area contributed by atoms with Gasteiger partial charge in [-0.15, -0.1) is 0 Å². The number of furan rings is 1. The maximum atomic E-state index is 13.3. The second kappa shape index (κ2) is 7.62. The Balaban J connectivity index is 1.67. The lowest BCUT2D eigenvalue weighted by molar-refractivity contribution is 0.0895. The summed E-state index contributed by atoms with van der Waals surface area (Å²) >= 11 is 0. The van der Waals surface area contributed by atoms with E-state index < -0.39 is 5.82 Å². The van der Waals surface area contributed by atoms with Gasteiger partial charge in [0.2, 0.25) is 0 Å². The van der Waals surface area contributed by atoms with Gasteiger partial charge in [0.25, 0.3) is 5.91 Å². The van der Waals surface area contributed by atoms with Crippen molar-refractivity contribution in [2.75, 3.05) is 19.6 Å². The number of likely N-dealkylation sites (tertiary alicyclic amines) is 1. The van der Waals surface area contributed by atoms with Crippen LogP contribution in [0.5, 0.6) is 0 Å². The van der Waals surface area contributed by atoms with Gasteiger partial charge in [0.15, 0.2) is 0 Å². The van der Waals surface area contributed by atoms with Gasteiger partial charge in [0.05, 0.1) is 12.3 Å². The fourth-order valence-corrected chi connectivity index (χ4v) is 3.15. The van der Waals surface area contributed by atoms with E-state index in [0.717, 1.165) is 37.6 Å². The van der Waals surface area contributed by atoms with Crippen LogP contribution >= 0.6 is 0 Å². The summed E-state index contributed by atoms with van der Waals surface area (Å²) in [5.41, 5.74) is 0.334. The van der Waals surface area contributed by atoms with Crippen LogP contribution in [0.4, 0.5) is 4.39 Å². The van der Waals surface area contributed by atoms with Crippen LogP contribution in [0, 0.1) is 11.7 Å². The van der Waals surface area contributed by atoms with Gasteiger partial charge in [-0.2, -0.15) is 0 Å². The first-order valence-electron chi connectivity index (χ1n) is 8.44. The van der Waals surface area contributed by atoms with E-state index in [0.29, 0.717) is 12.1 Å². The van der Waals surface area contributed by atoms with Crippen molar-refractivity contribution < 1.29 is 13.6 Å². The van der Waals surface area contributed by atoms with Gasteiger partial charge in [-0.1, -0.05) is 13.0 Å². The number of rotatable bonds is 5. The fraction of sp³-hybridized carbons (Fsp3) is 0.421. The molecule has 1 unspecified atom stereocenters. The first-order valence-corrected chi connectivity index (χ1v) is 8.44. The summed E-state index contributed by atoms with van der Waals surface area (Å²) in [6, 6.07) is 9.55. The van der Waals surface area contributed by atoms with Gasteiger partial charge in [0, 0.05) is 12.1 Å². The summed E-state index contributed by atoms with van der Waals surface area (Å²) in [6.07, 6.45) is 3.95. The monoisotopic (exact) mass is 330 g/mol. The Kier molecular flexibility index (Phi) is 5.30. The molecule has 4 nitrogen and oxygen atoms in total. The zero-order valence-corrected chi connectivity index (χ0v) is 13.9. The Bertz CT molecular complexity index is 664. The van der Waals surface area contributed by atoms with E-state index >= 15 is 0 Å². The maximum absolute atomic E-state index is 13.3. The molecule has 1 atom stereocenters. The molecule has 0 spiro atoms. The molecule has 1 saturated heterocycles. The lowest BCUT2D eigenvalue weighted by Crippen LogP contribution is -2.41. The minimum absolute atomic E-state index is 0.00464. The molecule has 128 valence electrons. The van der Waals surface area contributed by atoms with E-state index in [2.05, 4.69) is 17.1 Å². The predicted octanol–water partition coefficient (Wildman–Crippen LogP) is 3.62. The molecular weight excluding hydrogens is 307 g/mol. The Morgan fingerprint density at radius 1 is 1.33 bits per heavy atom. The standard InChI is InChI=1S/C19H23FN2O2/c1-14-7-9-22(10-8-14)17(18-6-3-11-24-18)13-21-19(23)15-4-2-5-16(20)12-15/h2-6,11-12,14,17H,7-10,13H2,1H3,(H,21,23). The molecule has 0 aliphatic carbocycles. The van der Waals surface area contributed by atoms with Crippen LogP contribution in [-0.4, -0.2) is 30.4 Å². The lowest BCUT2D eigenvalue weighted by atomic mass is 9.97. The lowest BCUT2D eigenvalue weighted by Gasteiger charge is -2.35. The van der Waals surface area contributed by atoms with Gasteiger partial charge in [-0.25, -0.2) is 4.39 Å². The highest BCUT2D eigenvalue weighted by Gasteiger charge is 2.27. The maximum Gasteiger partial charge on any atom is 0.251 e. The summed E-state index contributed by atoms with van der Waals surface area (Å²) in [4.78, 5) is 14.6. The van der Waals surface area contributed by atoms with Crippen molar-refractivity contribution in [1.82, 2.24) is 10.2 Å². The molecule has 1 fully saturated rings. The smallest absolute Gasteiger partial charge is 0.251 e. The summed E-state index contributed by atoms with van der Waals surface area (Å²) < 4.78 is 18.9. The van der Waals surface area contributed by atoms with Crippen LogP contribution in [0.1, 0.15) is 41.9 Å². The Hall–Kier alpha value is -2.14. The molecule has 0 radical (unpaired) electrons. The first kappa shape index (κ1) is 16.7. The Morgan fingerprint density at radius 2 is 2.12 bits per heavy atom. The number of carbonyl (C=O) groups is 1. The Labute approximate surface area is 141 Å². The quantitative estimate of drug-likeness (QED) is 0.911. The molecule has 1 amide bonds. The van der Waals surface area contributed by atoms with Crippen molar-refractivity contribution in [3.8, 4) is 0 Å². The minimum atomic E-state index is -0.407. The molecule has 1 aromatic heterocycles. The number of benzene rings is 1. The number of nitrogens with zero attached hydrogens (tertiary/aromatic N) is 1. The van der Waals surface area contributed by atoms with Crippen molar-refractivity contribution in [3.63, 3.8) is 0 Å². The summed E-state index contributed by atoms with van der Waals surface area (Å²) in [5, 5.41) is 2.92. The largest absolute Gasteiger partial charge is 0.468 e. The van der Waals surface area contributed by atoms with Crippen molar-refractivity contribution in [1.29, 1.82) is 0 Å². The average Bonchev–Trinajstić information content (AvgIpc) is 3.11. The van der Waals surface area contributed by atoms with E-state index in [1.807, 2.05) is 12.1 Å². The number of hydrogen-bond acceptors (Lipinski definition) is 3. The van der Waals surface area contributed by atoms with E-state index in [1.54, 1.807) is 18.4 Å². The van der Waals surface area contributed by atoms with Gasteiger partial charge in [-0.05, 0) is 62.2 Å². The van der Waals surface area contributed by atoms with Crippen LogP contribution in [0.3, 0.4) is 0 Å². The highest BCUT2D eigenvalue weighted by Crippen LogP contribution is 2.26. The normalized spacial score (nSPS) is 17.6. The third kappa shape index (κ3) is 4.03. The third-order valence-corrected chi connectivity index (χ3v) is 4.67. The molecule has 5 heteroatoms. The number of hydrogen-bond donors (Lipinski definition) is 1. The third-order valence-electron chi connectivity index (χ3n) is 4.67. The highest BCUT2D eigenvalue weighted by molar-refractivity contribution is 5.94. The molecule has 0 saturated carbocycles. The Morgan fingerprint density at radius 3 is 2.79 bits per heavy atom. The number of amides is 1. The van der Waals surface area contributed by atoms with Crippen molar-refractivity contribution in [2.24, 2.45) is 5.92 Å². The molecule has 2 aromatic rings. The fourth-order valence-electron chi connectivity index (χ4n) is 3.15. The predicted molar refractivity (Wildman–Crippen MR) is 90.2 cm³/mol. The van der Waals surface area contributed by atoms with Crippen LogP contribution in [0.2, 0.25) is 0 Å². The van der Waals surface area contributed by atoms with Crippen molar-refractivity contribution >= 4 is 5.91 Å². The topological polar surface area (TPSA) is 45.5 Å². The number of nitrogens with one attached hydrogen (secondary N) is 1. The van der Waals surface area contributed by atoms with E-state index in [1.165, 1.54) is 12.1 Å². The van der Waals surface area contributed by atoms with E-state index in [-0.39, 0.29) is 11.9 Å². The summed E-state index contributed by atoms with van der Waals surface area (Å²) in [7, 11) is 0. The van der Waals surface area contributed by atoms with E-state index in [9.17, 15) is 9.18 Å². The molecule has 24 heavy (non-hydrogen) atoms. The SMILES string of the molecule is CC1CCN(C(CNC(=O)c2cccc(F)c2)c2ccco2)CC1. The molecule has 1 aromatic carbocycles. The zero-order chi connectivity index (χ0) is 16.9. The first-order chi connectivity index (χ1) is 11.6. The van der Waals surface area contributed by atoms with E-state index in [4.69, 9.17) is 4.42 Å². The minimum Gasteiger partial charge on any atom is -0.468 e. The molecular formula is C19H23FN2O2. The van der Waals surface area contributed by atoms with Crippen LogP contribution in [0.15, 0.2) is 47.1 Å². The number of carbonyl (C=O) groups excluding carboxylic acids is 1. The van der Waals surface area contributed by atoms with Crippen LogP contribution in [0.25, 0.3) is 0 Å². The van der Waals surface area contributed by atoms with Crippen molar-refractivity contribution in [2.45, 2.75) is 25.8 Å². The van der Waals surface area contributed by atoms with Gasteiger partial charge < -0.3 is 9.73 Å². The average molecular weight is 330 g/mol. The van der Waals surface area contributed by atoms with Crippen molar-refractivity contribution in [3.05, 3.63) is 59.8 Å². The highest BCUT2D eigenvalue weighted by atomic mass is 19.1. The number of piperidine rings is 1. The molecule has 0 bridgehead atoms.